The fourth-order valence-corrected chi connectivity index (χ4v) is 7.98. The molecule has 4 bridgehead atoms. The molecule has 176 valence electrons. The minimum absolute atomic E-state index is 0.141. The quantitative estimate of drug-likeness (QED) is 0.333. The molecular weight excluding hydrogens is 452 g/mol. The summed E-state index contributed by atoms with van der Waals surface area (Å²) in [7, 11) is 0. The molecule has 4 nitrogen and oxygen atoms in total. The third-order valence-corrected chi connectivity index (χ3v) is 9.20. The van der Waals surface area contributed by atoms with Crippen LogP contribution in [0.15, 0.2) is 48.5 Å². The van der Waals surface area contributed by atoms with Crippen LogP contribution in [0.3, 0.4) is 0 Å². The SMILES string of the molecule is Cc1c(Cc2ccc(Cl)cc2)c(NC23CC4CC(CC(C4)C2)C3)n2c(nc3ccccc32)c1C#N. The van der Waals surface area contributed by atoms with Crippen molar-refractivity contribution in [3.8, 4) is 6.07 Å². The number of aromatic nitrogens is 2. The standard InChI is InChI=1S/C30H29ClN4/c1-18-24(13-19-6-8-23(31)9-7-19)29(34-30-14-20-10-21(15-30)12-22(11-20)16-30)35-27-5-3-2-4-26(27)33-28(35)25(18)17-32/h2-9,20-22,34H,10-16H2,1H3. The number of para-hydroxylation sites is 2. The van der Waals surface area contributed by atoms with Gasteiger partial charge in [-0.1, -0.05) is 35.9 Å². The van der Waals surface area contributed by atoms with E-state index in [2.05, 4.69) is 47.0 Å². The van der Waals surface area contributed by atoms with E-state index in [0.29, 0.717) is 5.56 Å². The average molecular weight is 481 g/mol. The van der Waals surface area contributed by atoms with Crippen molar-refractivity contribution in [1.82, 2.24) is 9.38 Å². The number of hydrogen-bond donors (Lipinski definition) is 1. The first kappa shape index (κ1) is 21.3. The number of imidazole rings is 1. The molecule has 2 aromatic carbocycles. The topological polar surface area (TPSA) is 53.1 Å². The van der Waals surface area contributed by atoms with E-state index in [1.54, 1.807) is 0 Å². The number of anilines is 1. The van der Waals surface area contributed by atoms with Crippen LogP contribution in [0.4, 0.5) is 5.82 Å². The Hall–Kier alpha value is -3.03. The molecule has 1 N–H and O–H groups in total. The van der Waals surface area contributed by atoms with E-state index < -0.39 is 0 Å². The van der Waals surface area contributed by atoms with E-state index in [-0.39, 0.29) is 5.54 Å². The van der Waals surface area contributed by atoms with Crippen molar-refractivity contribution in [2.24, 2.45) is 17.8 Å². The maximum Gasteiger partial charge on any atom is 0.157 e. The Labute approximate surface area is 210 Å². The second kappa shape index (κ2) is 7.73. The largest absolute Gasteiger partial charge is 0.365 e. The summed E-state index contributed by atoms with van der Waals surface area (Å²) in [5.74, 6) is 3.68. The van der Waals surface area contributed by atoms with Crippen molar-refractivity contribution in [1.29, 1.82) is 5.26 Å². The minimum Gasteiger partial charge on any atom is -0.365 e. The smallest absolute Gasteiger partial charge is 0.157 e. The van der Waals surface area contributed by atoms with Crippen LogP contribution in [-0.4, -0.2) is 14.9 Å². The summed E-state index contributed by atoms with van der Waals surface area (Å²) in [5, 5.41) is 15.2. The van der Waals surface area contributed by atoms with E-state index in [0.717, 1.165) is 57.3 Å². The summed E-state index contributed by atoms with van der Waals surface area (Å²) in [6, 6.07) is 18.8. The van der Waals surface area contributed by atoms with Crippen molar-refractivity contribution in [2.45, 2.75) is 57.4 Å². The Balaban J connectivity index is 1.47. The lowest BCUT2D eigenvalue weighted by Gasteiger charge is -2.57. The van der Waals surface area contributed by atoms with E-state index in [1.807, 2.05) is 24.3 Å². The lowest BCUT2D eigenvalue weighted by molar-refractivity contribution is 0.0105. The number of hydrogen-bond acceptors (Lipinski definition) is 3. The van der Waals surface area contributed by atoms with Crippen LogP contribution < -0.4 is 5.32 Å². The Morgan fingerprint density at radius 2 is 1.69 bits per heavy atom. The van der Waals surface area contributed by atoms with Gasteiger partial charge in [-0.2, -0.15) is 5.26 Å². The summed E-state index contributed by atoms with van der Waals surface area (Å²) in [5.41, 5.74) is 6.97. The fraction of sp³-hybridized carbons (Fsp3) is 0.400. The molecule has 4 aliphatic carbocycles. The highest BCUT2D eigenvalue weighted by Crippen LogP contribution is 2.57. The Morgan fingerprint density at radius 1 is 1.03 bits per heavy atom. The van der Waals surface area contributed by atoms with Crippen LogP contribution >= 0.6 is 11.6 Å². The Bertz CT molecular complexity index is 1470. The second-order valence-corrected chi connectivity index (χ2v) is 11.8. The average Bonchev–Trinajstić information content (AvgIpc) is 3.21. The van der Waals surface area contributed by atoms with Gasteiger partial charge in [0.25, 0.3) is 0 Å². The summed E-state index contributed by atoms with van der Waals surface area (Å²) < 4.78 is 2.24. The highest BCUT2D eigenvalue weighted by molar-refractivity contribution is 6.30. The summed E-state index contributed by atoms with van der Waals surface area (Å²) in [6.45, 7) is 2.09. The number of pyridine rings is 1. The number of nitriles is 1. The van der Waals surface area contributed by atoms with Crippen LogP contribution in [0.2, 0.25) is 5.02 Å². The third-order valence-electron chi connectivity index (χ3n) is 8.95. The van der Waals surface area contributed by atoms with E-state index >= 15 is 0 Å². The van der Waals surface area contributed by atoms with E-state index in [9.17, 15) is 5.26 Å². The highest BCUT2D eigenvalue weighted by Gasteiger charge is 2.51. The predicted octanol–water partition coefficient (Wildman–Crippen LogP) is 7.29. The second-order valence-electron chi connectivity index (χ2n) is 11.3. The molecule has 0 unspecified atom stereocenters. The van der Waals surface area contributed by atoms with Crippen LogP contribution in [0, 0.1) is 36.0 Å². The molecule has 2 heterocycles. The maximum atomic E-state index is 10.2. The summed E-state index contributed by atoms with van der Waals surface area (Å²) >= 11 is 6.19. The van der Waals surface area contributed by atoms with Gasteiger partial charge in [-0.25, -0.2) is 4.98 Å². The van der Waals surface area contributed by atoms with Crippen LogP contribution in [-0.2, 0) is 6.42 Å². The predicted molar refractivity (Wildman–Crippen MR) is 141 cm³/mol. The molecule has 4 aromatic rings. The van der Waals surface area contributed by atoms with Crippen molar-refractivity contribution in [2.75, 3.05) is 5.32 Å². The monoisotopic (exact) mass is 480 g/mol. The van der Waals surface area contributed by atoms with Gasteiger partial charge in [0.15, 0.2) is 5.65 Å². The number of nitrogens with zero attached hydrogens (tertiary/aromatic N) is 3. The summed E-state index contributed by atoms with van der Waals surface area (Å²) in [6.07, 6.45) is 8.75. The zero-order chi connectivity index (χ0) is 23.7. The van der Waals surface area contributed by atoms with Crippen molar-refractivity contribution < 1.29 is 0 Å². The maximum absolute atomic E-state index is 10.2. The van der Waals surface area contributed by atoms with Gasteiger partial charge in [0.2, 0.25) is 0 Å². The molecule has 0 aliphatic heterocycles. The van der Waals surface area contributed by atoms with Crippen molar-refractivity contribution >= 4 is 34.1 Å². The lowest BCUT2D eigenvalue weighted by Crippen LogP contribution is -2.55. The molecule has 35 heavy (non-hydrogen) atoms. The van der Waals surface area contributed by atoms with Gasteiger partial charge >= 0.3 is 0 Å². The number of rotatable bonds is 4. The molecule has 5 heteroatoms. The first-order chi connectivity index (χ1) is 17.0. The van der Waals surface area contributed by atoms with Gasteiger partial charge in [0.05, 0.1) is 16.6 Å². The van der Waals surface area contributed by atoms with Gasteiger partial charge < -0.3 is 5.32 Å². The molecular formula is C30H29ClN4. The zero-order valence-electron chi connectivity index (χ0n) is 20.0. The first-order valence-electron chi connectivity index (χ1n) is 12.9. The molecule has 0 radical (unpaired) electrons. The molecule has 0 atom stereocenters. The van der Waals surface area contributed by atoms with Gasteiger partial charge in [-0.3, -0.25) is 4.40 Å². The third kappa shape index (κ3) is 3.36. The minimum atomic E-state index is 0.141. The highest BCUT2D eigenvalue weighted by atomic mass is 35.5. The molecule has 4 fully saturated rings. The van der Waals surface area contributed by atoms with Gasteiger partial charge in [0, 0.05) is 22.5 Å². The number of nitrogens with one attached hydrogen (secondary N) is 1. The van der Waals surface area contributed by atoms with Crippen molar-refractivity contribution in [3.05, 3.63) is 75.8 Å². The van der Waals surface area contributed by atoms with Crippen molar-refractivity contribution in [3.63, 3.8) is 0 Å². The van der Waals surface area contributed by atoms with Crippen LogP contribution in [0.5, 0.6) is 0 Å². The zero-order valence-corrected chi connectivity index (χ0v) is 20.8. The number of fused-ring (bicyclic) bond motifs is 3. The molecule has 0 spiro atoms. The summed E-state index contributed by atoms with van der Waals surface area (Å²) in [4.78, 5) is 4.94. The Morgan fingerprint density at radius 3 is 2.34 bits per heavy atom. The number of benzene rings is 2. The molecule has 4 aliphatic rings. The van der Waals surface area contributed by atoms with E-state index in [4.69, 9.17) is 16.6 Å². The van der Waals surface area contributed by atoms with E-state index in [1.165, 1.54) is 49.7 Å². The Kier molecular flexibility index (Phi) is 4.70. The number of halogens is 1. The normalized spacial score (nSPS) is 26.9. The molecule has 2 aromatic heterocycles. The van der Waals surface area contributed by atoms with Crippen LogP contribution in [0.1, 0.15) is 60.8 Å². The first-order valence-corrected chi connectivity index (χ1v) is 13.2. The molecule has 0 amide bonds. The van der Waals surface area contributed by atoms with Gasteiger partial charge in [-0.15, -0.1) is 0 Å². The molecule has 4 saturated carbocycles. The molecule has 8 rings (SSSR count). The van der Waals surface area contributed by atoms with Crippen LogP contribution in [0.25, 0.3) is 16.7 Å². The lowest BCUT2D eigenvalue weighted by atomic mass is 9.53. The fourth-order valence-electron chi connectivity index (χ4n) is 7.85. The van der Waals surface area contributed by atoms with Gasteiger partial charge in [-0.05, 0) is 98.6 Å². The molecule has 0 saturated heterocycles. The van der Waals surface area contributed by atoms with Gasteiger partial charge in [0.1, 0.15) is 11.9 Å².